The lowest BCUT2D eigenvalue weighted by Gasteiger charge is -2.10. The molecule has 4 nitrogen and oxygen atoms in total. The number of nitrogens with zero attached hydrogens (tertiary/aromatic N) is 2. The molecule has 82 valence electrons. The number of furan rings is 1. The molecule has 0 bridgehead atoms. The molecule has 2 rings (SSSR count). The Morgan fingerprint density at radius 3 is 2.81 bits per heavy atom. The third-order valence-electron chi connectivity index (χ3n) is 2.51. The molecular formula is C12H13N3O. The average Bonchev–Trinajstić information content (AvgIpc) is 2.86. The number of aryl methyl sites for hydroxylation is 1. The molecule has 4 heteroatoms. The first kappa shape index (κ1) is 10.5. The minimum absolute atomic E-state index is 0.615. The van der Waals surface area contributed by atoms with E-state index in [1.807, 2.05) is 32.9 Å². The zero-order valence-corrected chi connectivity index (χ0v) is 9.53. The molecule has 0 amide bonds. The van der Waals surface area contributed by atoms with Crippen molar-refractivity contribution in [3.63, 3.8) is 0 Å². The number of nitrogens with one attached hydrogen (secondary N) is 1. The van der Waals surface area contributed by atoms with Gasteiger partial charge < -0.3 is 9.40 Å². The van der Waals surface area contributed by atoms with Gasteiger partial charge in [0, 0.05) is 5.69 Å². The standard InChI is InChI=1S/C12H13N3O/c1-8-10(9-5-4-6-16-9)15-11(14-8)12(2,3)7-13/h4-6H,1-3H3,(H,14,15). The maximum absolute atomic E-state index is 9.04. The molecule has 0 spiro atoms. The van der Waals surface area contributed by atoms with Gasteiger partial charge in [-0.15, -0.1) is 0 Å². The third-order valence-corrected chi connectivity index (χ3v) is 2.51. The number of imidazole rings is 1. The largest absolute Gasteiger partial charge is 0.463 e. The molecule has 0 radical (unpaired) electrons. The summed E-state index contributed by atoms with van der Waals surface area (Å²) in [6.07, 6.45) is 1.61. The Balaban J connectivity index is 2.49. The molecule has 1 N–H and O–H groups in total. The van der Waals surface area contributed by atoms with Crippen LogP contribution in [0.2, 0.25) is 0 Å². The summed E-state index contributed by atoms with van der Waals surface area (Å²) in [6.45, 7) is 5.58. The van der Waals surface area contributed by atoms with Crippen LogP contribution in [0.1, 0.15) is 25.4 Å². The first-order valence-electron chi connectivity index (χ1n) is 5.07. The van der Waals surface area contributed by atoms with Crippen LogP contribution in [0.15, 0.2) is 22.8 Å². The summed E-state index contributed by atoms with van der Waals surface area (Å²) in [7, 11) is 0. The highest BCUT2D eigenvalue weighted by Crippen LogP contribution is 2.26. The van der Waals surface area contributed by atoms with Gasteiger partial charge in [-0.25, -0.2) is 4.98 Å². The van der Waals surface area contributed by atoms with Gasteiger partial charge in [-0.2, -0.15) is 5.26 Å². The Bertz CT molecular complexity index is 529. The second-order valence-electron chi connectivity index (χ2n) is 4.27. The fourth-order valence-electron chi connectivity index (χ4n) is 1.46. The molecule has 2 heterocycles. The molecule has 0 aromatic carbocycles. The van der Waals surface area contributed by atoms with Gasteiger partial charge in [0.2, 0.25) is 0 Å². The van der Waals surface area contributed by atoms with E-state index in [1.54, 1.807) is 6.26 Å². The molecule has 0 atom stereocenters. The van der Waals surface area contributed by atoms with Gasteiger partial charge in [-0.3, -0.25) is 0 Å². The van der Waals surface area contributed by atoms with Gasteiger partial charge in [0.1, 0.15) is 16.9 Å². The first-order valence-corrected chi connectivity index (χ1v) is 5.07. The Labute approximate surface area is 93.9 Å². The van der Waals surface area contributed by atoms with Gasteiger partial charge in [0.05, 0.1) is 12.3 Å². The molecule has 0 unspecified atom stereocenters. The van der Waals surface area contributed by atoms with Crippen LogP contribution in [0.4, 0.5) is 0 Å². The van der Waals surface area contributed by atoms with Crippen molar-refractivity contribution in [1.82, 2.24) is 9.97 Å². The summed E-state index contributed by atoms with van der Waals surface area (Å²) in [6, 6.07) is 5.89. The van der Waals surface area contributed by atoms with Crippen LogP contribution >= 0.6 is 0 Å². The lowest BCUT2D eigenvalue weighted by Crippen LogP contribution is -2.15. The van der Waals surface area contributed by atoms with E-state index in [1.165, 1.54) is 0 Å². The maximum Gasteiger partial charge on any atom is 0.154 e. The number of hydrogen-bond donors (Lipinski definition) is 1. The minimum Gasteiger partial charge on any atom is -0.463 e. The van der Waals surface area contributed by atoms with Crippen molar-refractivity contribution >= 4 is 0 Å². The van der Waals surface area contributed by atoms with Crippen LogP contribution in [-0.2, 0) is 5.41 Å². The lowest BCUT2D eigenvalue weighted by atomic mass is 9.95. The van der Waals surface area contributed by atoms with Crippen molar-refractivity contribution in [2.45, 2.75) is 26.2 Å². The number of nitriles is 1. The van der Waals surface area contributed by atoms with E-state index in [0.717, 1.165) is 11.4 Å². The van der Waals surface area contributed by atoms with Crippen LogP contribution < -0.4 is 0 Å². The van der Waals surface area contributed by atoms with Crippen LogP contribution in [0.3, 0.4) is 0 Å². The van der Waals surface area contributed by atoms with E-state index in [4.69, 9.17) is 9.68 Å². The second-order valence-corrected chi connectivity index (χ2v) is 4.27. The molecule has 0 saturated carbocycles. The van der Waals surface area contributed by atoms with Gasteiger partial charge in [-0.05, 0) is 32.9 Å². The molecule has 0 fully saturated rings. The van der Waals surface area contributed by atoms with Crippen LogP contribution in [0.5, 0.6) is 0 Å². The van der Waals surface area contributed by atoms with Crippen LogP contribution in [-0.4, -0.2) is 9.97 Å². The van der Waals surface area contributed by atoms with Gasteiger partial charge in [0.15, 0.2) is 5.76 Å². The van der Waals surface area contributed by atoms with E-state index in [2.05, 4.69) is 16.0 Å². The van der Waals surface area contributed by atoms with Crippen molar-refractivity contribution < 1.29 is 4.42 Å². The minimum atomic E-state index is -0.615. The highest BCUT2D eigenvalue weighted by atomic mass is 16.3. The summed E-state index contributed by atoms with van der Waals surface area (Å²) < 4.78 is 5.29. The molecule has 16 heavy (non-hydrogen) atoms. The quantitative estimate of drug-likeness (QED) is 0.837. The Morgan fingerprint density at radius 1 is 1.50 bits per heavy atom. The SMILES string of the molecule is Cc1[nH]c(C(C)(C)C#N)nc1-c1ccco1. The van der Waals surface area contributed by atoms with Gasteiger partial charge >= 0.3 is 0 Å². The zero-order chi connectivity index (χ0) is 11.8. The molecule has 0 aliphatic carbocycles. The summed E-state index contributed by atoms with van der Waals surface area (Å²) in [5, 5.41) is 9.04. The predicted molar refractivity (Wildman–Crippen MR) is 59.7 cm³/mol. The highest BCUT2D eigenvalue weighted by molar-refractivity contribution is 5.55. The smallest absolute Gasteiger partial charge is 0.154 e. The predicted octanol–water partition coefficient (Wildman–Crippen LogP) is 2.78. The van der Waals surface area contributed by atoms with Crippen molar-refractivity contribution in [1.29, 1.82) is 5.26 Å². The van der Waals surface area contributed by atoms with Crippen molar-refractivity contribution in [2.24, 2.45) is 0 Å². The van der Waals surface area contributed by atoms with E-state index in [-0.39, 0.29) is 0 Å². The number of H-pyrrole nitrogens is 1. The maximum atomic E-state index is 9.04. The topological polar surface area (TPSA) is 65.6 Å². The van der Waals surface area contributed by atoms with Crippen molar-refractivity contribution in [2.75, 3.05) is 0 Å². The molecule has 2 aromatic heterocycles. The average molecular weight is 215 g/mol. The number of hydrogen-bond acceptors (Lipinski definition) is 3. The Morgan fingerprint density at radius 2 is 2.25 bits per heavy atom. The van der Waals surface area contributed by atoms with Crippen LogP contribution in [0.25, 0.3) is 11.5 Å². The number of aromatic nitrogens is 2. The van der Waals surface area contributed by atoms with E-state index < -0.39 is 5.41 Å². The number of aromatic amines is 1. The normalized spacial score (nSPS) is 11.4. The molecule has 0 saturated heterocycles. The van der Waals surface area contributed by atoms with Crippen molar-refractivity contribution in [3.8, 4) is 17.5 Å². The number of rotatable bonds is 2. The molecule has 0 aliphatic rings. The van der Waals surface area contributed by atoms with E-state index in [0.29, 0.717) is 11.6 Å². The lowest BCUT2D eigenvalue weighted by molar-refractivity contribution is 0.579. The molecule has 0 aliphatic heterocycles. The van der Waals surface area contributed by atoms with Crippen LogP contribution in [0, 0.1) is 18.3 Å². The second kappa shape index (κ2) is 3.53. The van der Waals surface area contributed by atoms with Gasteiger partial charge in [-0.1, -0.05) is 0 Å². The van der Waals surface area contributed by atoms with E-state index >= 15 is 0 Å². The third kappa shape index (κ3) is 1.61. The van der Waals surface area contributed by atoms with Gasteiger partial charge in [0.25, 0.3) is 0 Å². The van der Waals surface area contributed by atoms with E-state index in [9.17, 15) is 0 Å². The summed E-state index contributed by atoms with van der Waals surface area (Å²) in [4.78, 5) is 7.55. The Kier molecular flexibility index (Phi) is 2.31. The fourth-order valence-corrected chi connectivity index (χ4v) is 1.46. The fraction of sp³-hybridized carbons (Fsp3) is 0.333. The molecule has 2 aromatic rings. The van der Waals surface area contributed by atoms with Crippen molar-refractivity contribution in [3.05, 3.63) is 29.9 Å². The molecular weight excluding hydrogens is 202 g/mol. The summed E-state index contributed by atoms with van der Waals surface area (Å²) in [5.74, 6) is 1.38. The summed E-state index contributed by atoms with van der Waals surface area (Å²) in [5.41, 5.74) is 1.06. The highest BCUT2D eigenvalue weighted by Gasteiger charge is 2.25. The first-order chi connectivity index (χ1) is 7.54. The Hall–Kier alpha value is -2.02. The zero-order valence-electron chi connectivity index (χ0n) is 9.53. The summed E-state index contributed by atoms with van der Waals surface area (Å²) >= 11 is 0. The monoisotopic (exact) mass is 215 g/mol.